The van der Waals surface area contributed by atoms with Crippen LogP contribution in [0.3, 0.4) is 0 Å². The van der Waals surface area contributed by atoms with Crippen molar-refractivity contribution in [2.45, 2.75) is 17.9 Å². The molecule has 0 fully saturated rings. The monoisotopic (exact) mass is 396 g/mol. The van der Waals surface area contributed by atoms with Gasteiger partial charge in [-0.05, 0) is 43.3 Å². The summed E-state index contributed by atoms with van der Waals surface area (Å²) in [6.07, 6.45) is 0. The second-order valence-electron chi connectivity index (χ2n) is 5.64. The van der Waals surface area contributed by atoms with E-state index in [0.29, 0.717) is 35.4 Å². The van der Waals surface area contributed by atoms with Gasteiger partial charge in [0.05, 0.1) is 10.9 Å². The third-order valence-electron chi connectivity index (χ3n) is 3.66. The van der Waals surface area contributed by atoms with Gasteiger partial charge in [-0.3, -0.25) is 4.79 Å². The Morgan fingerprint density at radius 3 is 2.42 bits per heavy atom. The average Bonchev–Trinajstić information content (AvgIpc) is 2.61. The number of benzene rings is 2. The van der Waals surface area contributed by atoms with Crippen LogP contribution in [0.5, 0.6) is 11.5 Å². The molecule has 2 aromatic rings. The second kappa shape index (κ2) is 7.53. The molecule has 1 atom stereocenters. The molecule has 0 spiro atoms. The molecule has 0 unspecified atom stereocenters. The normalized spacial score (nSPS) is 14.5. The lowest BCUT2D eigenvalue weighted by Crippen LogP contribution is -2.41. The van der Waals surface area contributed by atoms with E-state index in [9.17, 15) is 13.2 Å². The SMILES string of the molecule is C[C@H](NS(=O)(=O)c1ccc(Cl)cc1)C(=O)Nc1ccc2c(c1)OCCO2. The highest BCUT2D eigenvalue weighted by Crippen LogP contribution is 2.32. The Kier molecular flexibility index (Phi) is 5.36. The summed E-state index contributed by atoms with van der Waals surface area (Å²) < 4.78 is 37.9. The van der Waals surface area contributed by atoms with Crippen molar-refractivity contribution in [1.82, 2.24) is 4.72 Å². The predicted octanol–water partition coefficient (Wildman–Crippen LogP) is 2.42. The molecule has 0 saturated carbocycles. The third kappa shape index (κ3) is 4.27. The number of halogens is 1. The number of anilines is 1. The lowest BCUT2D eigenvalue weighted by Gasteiger charge is -2.19. The predicted molar refractivity (Wildman–Crippen MR) is 97.3 cm³/mol. The van der Waals surface area contributed by atoms with Crippen LogP contribution in [0.4, 0.5) is 5.69 Å². The first-order chi connectivity index (χ1) is 12.3. The van der Waals surface area contributed by atoms with E-state index in [-0.39, 0.29) is 4.90 Å². The number of sulfonamides is 1. The van der Waals surface area contributed by atoms with E-state index < -0.39 is 22.0 Å². The van der Waals surface area contributed by atoms with E-state index in [1.807, 2.05) is 0 Å². The zero-order chi connectivity index (χ0) is 18.7. The lowest BCUT2D eigenvalue weighted by molar-refractivity contribution is -0.117. The summed E-state index contributed by atoms with van der Waals surface area (Å²) in [5.41, 5.74) is 0.483. The molecule has 0 radical (unpaired) electrons. The molecule has 7 nitrogen and oxygen atoms in total. The Labute approximate surface area is 156 Å². The van der Waals surface area contributed by atoms with Crippen LogP contribution in [0.25, 0.3) is 0 Å². The van der Waals surface area contributed by atoms with E-state index in [1.165, 1.54) is 31.2 Å². The molecular formula is C17H17ClN2O5S. The highest BCUT2D eigenvalue weighted by atomic mass is 35.5. The van der Waals surface area contributed by atoms with Gasteiger partial charge in [-0.15, -0.1) is 0 Å². The maximum Gasteiger partial charge on any atom is 0.242 e. The molecule has 0 bridgehead atoms. The van der Waals surface area contributed by atoms with Crippen LogP contribution in [0.1, 0.15) is 6.92 Å². The fraction of sp³-hybridized carbons (Fsp3) is 0.235. The standard InChI is InChI=1S/C17H17ClN2O5S/c1-11(20-26(22,23)14-5-2-12(18)3-6-14)17(21)19-13-4-7-15-16(10-13)25-9-8-24-15/h2-7,10-11,20H,8-9H2,1H3,(H,19,21)/t11-/m0/s1. The van der Waals surface area contributed by atoms with Gasteiger partial charge in [0.25, 0.3) is 0 Å². The van der Waals surface area contributed by atoms with Gasteiger partial charge in [-0.25, -0.2) is 8.42 Å². The van der Waals surface area contributed by atoms with Gasteiger partial charge < -0.3 is 14.8 Å². The Hall–Kier alpha value is -2.29. The van der Waals surface area contributed by atoms with Crippen molar-refractivity contribution in [3.63, 3.8) is 0 Å². The highest BCUT2D eigenvalue weighted by molar-refractivity contribution is 7.89. The van der Waals surface area contributed by atoms with Gasteiger partial charge in [0, 0.05) is 16.8 Å². The van der Waals surface area contributed by atoms with Gasteiger partial charge in [-0.2, -0.15) is 4.72 Å². The van der Waals surface area contributed by atoms with Gasteiger partial charge in [-0.1, -0.05) is 11.6 Å². The molecule has 26 heavy (non-hydrogen) atoms. The van der Waals surface area contributed by atoms with E-state index >= 15 is 0 Å². The van der Waals surface area contributed by atoms with Gasteiger partial charge >= 0.3 is 0 Å². The summed E-state index contributed by atoms with van der Waals surface area (Å²) in [5.74, 6) is 0.633. The van der Waals surface area contributed by atoms with Crippen molar-refractivity contribution in [2.75, 3.05) is 18.5 Å². The molecule has 2 N–H and O–H groups in total. The van der Waals surface area contributed by atoms with Crippen LogP contribution in [0, 0.1) is 0 Å². The van der Waals surface area contributed by atoms with Crippen molar-refractivity contribution >= 4 is 33.2 Å². The molecule has 138 valence electrons. The zero-order valence-electron chi connectivity index (χ0n) is 13.9. The number of fused-ring (bicyclic) bond motifs is 1. The number of nitrogens with one attached hydrogen (secondary N) is 2. The Morgan fingerprint density at radius 2 is 1.73 bits per heavy atom. The van der Waals surface area contributed by atoms with Crippen LogP contribution in [-0.4, -0.2) is 33.6 Å². The molecule has 0 saturated heterocycles. The average molecular weight is 397 g/mol. The van der Waals surface area contributed by atoms with E-state index in [0.717, 1.165) is 0 Å². The van der Waals surface area contributed by atoms with E-state index in [1.54, 1.807) is 18.2 Å². The van der Waals surface area contributed by atoms with Gasteiger partial charge in [0.1, 0.15) is 13.2 Å². The summed E-state index contributed by atoms with van der Waals surface area (Å²) in [6, 6.07) is 9.67. The summed E-state index contributed by atoms with van der Waals surface area (Å²) >= 11 is 5.76. The highest BCUT2D eigenvalue weighted by Gasteiger charge is 2.22. The minimum absolute atomic E-state index is 0.0286. The summed E-state index contributed by atoms with van der Waals surface area (Å²) in [6.45, 7) is 2.37. The first-order valence-corrected chi connectivity index (χ1v) is 9.70. The first-order valence-electron chi connectivity index (χ1n) is 7.83. The number of rotatable bonds is 5. The van der Waals surface area contributed by atoms with Crippen LogP contribution in [0.2, 0.25) is 5.02 Å². The first kappa shape index (κ1) is 18.5. The smallest absolute Gasteiger partial charge is 0.242 e. The maximum atomic E-state index is 12.3. The lowest BCUT2D eigenvalue weighted by atomic mass is 10.2. The van der Waals surface area contributed by atoms with Crippen molar-refractivity contribution in [1.29, 1.82) is 0 Å². The van der Waals surface area contributed by atoms with Crippen molar-refractivity contribution in [3.05, 3.63) is 47.5 Å². The number of hydrogen-bond donors (Lipinski definition) is 2. The Morgan fingerprint density at radius 1 is 1.08 bits per heavy atom. The van der Waals surface area contributed by atoms with Crippen LogP contribution < -0.4 is 19.5 Å². The summed E-state index contributed by atoms with van der Waals surface area (Å²) in [4.78, 5) is 12.3. The molecular weight excluding hydrogens is 380 g/mol. The van der Waals surface area contributed by atoms with E-state index in [4.69, 9.17) is 21.1 Å². The molecule has 9 heteroatoms. The molecule has 1 amide bonds. The largest absolute Gasteiger partial charge is 0.486 e. The summed E-state index contributed by atoms with van der Waals surface area (Å²) in [7, 11) is -3.84. The van der Waals surface area contributed by atoms with Crippen molar-refractivity contribution in [2.24, 2.45) is 0 Å². The number of carbonyl (C=O) groups is 1. The molecule has 1 heterocycles. The summed E-state index contributed by atoms with van der Waals surface area (Å²) in [5, 5.41) is 3.08. The quantitative estimate of drug-likeness (QED) is 0.809. The second-order valence-corrected chi connectivity index (χ2v) is 7.80. The minimum atomic E-state index is -3.84. The topological polar surface area (TPSA) is 93.7 Å². The van der Waals surface area contributed by atoms with E-state index in [2.05, 4.69) is 10.0 Å². The number of ether oxygens (including phenoxy) is 2. The van der Waals surface area contributed by atoms with Gasteiger partial charge in [0.2, 0.25) is 15.9 Å². The Bertz CT molecular complexity index is 915. The maximum absolute atomic E-state index is 12.3. The zero-order valence-corrected chi connectivity index (χ0v) is 15.4. The fourth-order valence-corrected chi connectivity index (χ4v) is 3.67. The molecule has 1 aliphatic rings. The molecule has 1 aliphatic heterocycles. The van der Waals surface area contributed by atoms with Crippen LogP contribution >= 0.6 is 11.6 Å². The molecule has 0 aliphatic carbocycles. The van der Waals surface area contributed by atoms with Crippen molar-refractivity contribution < 1.29 is 22.7 Å². The number of hydrogen-bond acceptors (Lipinski definition) is 5. The van der Waals surface area contributed by atoms with Gasteiger partial charge in [0.15, 0.2) is 11.5 Å². The van der Waals surface area contributed by atoms with Crippen LogP contribution in [-0.2, 0) is 14.8 Å². The Balaban J connectivity index is 1.67. The molecule has 0 aromatic heterocycles. The minimum Gasteiger partial charge on any atom is -0.486 e. The van der Waals surface area contributed by atoms with Crippen molar-refractivity contribution in [3.8, 4) is 11.5 Å². The molecule has 2 aromatic carbocycles. The molecule has 3 rings (SSSR count). The van der Waals surface area contributed by atoms with Crippen LogP contribution in [0.15, 0.2) is 47.4 Å². The number of amides is 1. The number of carbonyl (C=O) groups excluding carboxylic acids is 1. The third-order valence-corrected chi connectivity index (χ3v) is 5.47. The fourth-order valence-electron chi connectivity index (χ4n) is 2.34.